The number of halogens is 3. The van der Waals surface area contributed by atoms with Crippen LogP contribution in [0.25, 0.3) is 32.6 Å². The Hall–Kier alpha value is -5.12. The van der Waals surface area contributed by atoms with E-state index in [0.717, 1.165) is 16.7 Å². The summed E-state index contributed by atoms with van der Waals surface area (Å²) < 4.78 is 52.0. The van der Waals surface area contributed by atoms with Gasteiger partial charge in [-0.15, -0.1) is 11.3 Å². The fourth-order valence-electron chi connectivity index (χ4n) is 4.38. The normalized spacial score (nSPS) is 11.5. The summed E-state index contributed by atoms with van der Waals surface area (Å²) in [6.45, 7) is 5.39. The van der Waals surface area contributed by atoms with Crippen molar-refractivity contribution in [2.45, 2.75) is 33.5 Å². The molecule has 0 saturated heterocycles. The lowest BCUT2D eigenvalue weighted by Gasteiger charge is -2.15. The van der Waals surface area contributed by atoms with Crippen LogP contribution < -0.4 is 16.1 Å². The third kappa shape index (κ3) is 6.29. The zero-order valence-corrected chi connectivity index (χ0v) is 24.3. The molecule has 5 rings (SSSR count). The molecule has 4 aromatic heterocycles. The van der Waals surface area contributed by atoms with E-state index in [1.807, 2.05) is 0 Å². The molecule has 0 saturated carbocycles. The third-order valence-electron chi connectivity index (χ3n) is 6.28. The summed E-state index contributed by atoms with van der Waals surface area (Å²) in [5.41, 5.74) is -0.355. The van der Waals surface area contributed by atoms with Crippen molar-refractivity contribution in [3.8, 4) is 21.7 Å². The molecule has 2 N–H and O–H groups in total. The predicted octanol–water partition coefficient (Wildman–Crippen LogP) is 5.26. The summed E-state index contributed by atoms with van der Waals surface area (Å²) in [5, 5.41) is 10.1. The number of aryl methyl sites for hydroxylation is 1. The van der Waals surface area contributed by atoms with Gasteiger partial charge in [0.1, 0.15) is 16.4 Å². The molecule has 0 radical (unpaired) electrons. The monoisotopic (exact) mass is 627 g/mol. The van der Waals surface area contributed by atoms with Gasteiger partial charge in [-0.2, -0.15) is 18.2 Å². The minimum atomic E-state index is -4.66. The summed E-state index contributed by atoms with van der Waals surface area (Å²) >= 11 is 0.779. The van der Waals surface area contributed by atoms with Crippen LogP contribution in [0.5, 0.6) is 0 Å². The Labute approximate surface area is 250 Å². The lowest BCUT2D eigenvalue weighted by molar-refractivity contribution is -0.140. The van der Waals surface area contributed by atoms with Gasteiger partial charge in [-0.1, -0.05) is 11.2 Å². The SMILES string of the molecule is CCNC(=O)Nc1cc(-c2nc(C(F)(F)F)cs2)c(-c2ccc3c(=O)c(C(=O)OCC)cn(Cc4noc(C)n4)c3c2)cn1. The predicted molar refractivity (Wildman–Crippen MR) is 154 cm³/mol. The molecule has 0 unspecified atom stereocenters. The molecule has 5 aromatic rings. The van der Waals surface area contributed by atoms with E-state index in [4.69, 9.17) is 9.26 Å². The quantitative estimate of drug-likeness (QED) is 0.219. The van der Waals surface area contributed by atoms with Gasteiger partial charge in [0.15, 0.2) is 11.5 Å². The number of pyridine rings is 2. The van der Waals surface area contributed by atoms with Crippen molar-refractivity contribution in [3.05, 3.63) is 75.2 Å². The van der Waals surface area contributed by atoms with E-state index in [1.165, 1.54) is 24.5 Å². The standard InChI is InChI=1S/C28H24F3N7O5S/c1-4-32-27(41)36-22-9-17(25-35-21(13-44-25)28(29,30)31)18(10-33-22)15-6-7-16-20(8-15)38(12-23-34-14(3)43-37-23)11-19(24(16)39)26(40)42-5-2/h6-11,13H,4-5,12H2,1-3H3,(H2,32,33,36,41). The number of anilines is 1. The van der Waals surface area contributed by atoms with Gasteiger partial charge in [0.05, 0.1) is 18.7 Å². The lowest BCUT2D eigenvalue weighted by Crippen LogP contribution is -2.28. The molecule has 0 aliphatic carbocycles. The highest BCUT2D eigenvalue weighted by Gasteiger charge is 2.34. The maximum absolute atomic E-state index is 13.4. The van der Waals surface area contributed by atoms with Crippen LogP contribution in [0.4, 0.5) is 23.8 Å². The molecular formula is C28H24F3N7O5S. The second-order valence-electron chi connectivity index (χ2n) is 9.32. The van der Waals surface area contributed by atoms with Crippen LogP contribution in [0, 0.1) is 6.92 Å². The van der Waals surface area contributed by atoms with Gasteiger partial charge in [0.25, 0.3) is 0 Å². The van der Waals surface area contributed by atoms with Crippen LogP contribution in [-0.2, 0) is 17.5 Å². The number of ether oxygens (including phenoxy) is 1. The molecule has 0 aliphatic rings. The maximum atomic E-state index is 13.4. The molecule has 0 aliphatic heterocycles. The van der Waals surface area contributed by atoms with E-state index >= 15 is 0 Å². The summed E-state index contributed by atoms with van der Waals surface area (Å²) in [6, 6.07) is 5.59. The summed E-state index contributed by atoms with van der Waals surface area (Å²) in [7, 11) is 0. The number of esters is 1. The van der Waals surface area contributed by atoms with Crippen LogP contribution in [0.2, 0.25) is 0 Å². The summed E-state index contributed by atoms with van der Waals surface area (Å²) in [5.74, 6) is -0.121. The van der Waals surface area contributed by atoms with Crippen LogP contribution >= 0.6 is 11.3 Å². The number of fused-ring (bicyclic) bond motifs is 1. The third-order valence-corrected chi connectivity index (χ3v) is 7.15. The fraction of sp³-hybridized carbons (Fsp3) is 0.250. The molecule has 0 spiro atoms. The van der Waals surface area contributed by atoms with Gasteiger partial charge < -0.3 is 19.1 Å². The molecule has 2 amide bonds. The maximum Gasteiger partial charge on any atom is 0.434 e. The Morgan fingerprint density at radius 2 is 1.93 bits per heavy atom. The number of nitrogens with one attached hydrogen (secondary N) is 2. The molecule has 16 heteroatoms. The largest absolute Gasteiger partial charge is 0.462 e. The highest BCUT2D eigenvalue weighted by Crippen LogP contribution is 2.39. The van der Waals surface area contributed by atoms with Crippen LogP contribution in [0.1, 0.15) is 41.6 Å². The number of aromatic nitrogens is 5. The van der Waals surface area contributed by atoms with Gasteiger partial charge >= 0.3 is 18.2 Å². The first-order valence-corrected chi connectivity index (χ1v) is 14.1. The number of amides is 2. The van der Waals surface area contributed by atoms with Gasteiger partial charge in [-0.3, -0.25) is 10.1 Å². The highest BCUT2D eigenvalue weighted by atomic mass is 32.1. The van der Waals surface area contributed by atoms with E-state index in [1.54, 1.807) is 37.5 Å². The van der Waals surface area contributed by atoms with Gasteiger partial charge in [0.2, 0.25) is 11.3 Å². The average molecular weight is 628 g/mol. The number of carbonyl (C=O) groups is 2. The van der Waals surface area contributed by atoms with Crippen molar-refractivity contribution in [2.24, 2.45) is 0 Å². The number of nitrogens with zero attached hydrogens (tertiary/aromatic N) is 5. The van der Waals surface area contributed by atoms with E-state index < -0.39 is 29.3 Å². The van der Waals surface area contributed by atoms with Crippen molar-refractivity contribution >= 4 is 40.1 Å². The number of hydrogen-bond donors (Lipinski definition) is 2. The second-order valence-corrected chi connectivity index (χ2v) is 10.2. The van der Waals surface area contributed by atoms with Gasteiger partial charge in [0, 0.05) is 47.8 Å². The Morgan fingerprint density at radius 1 is 1.14 bits per heavy atom. The number of rotatable bonds is 8. The summed E-state index contributed by atoms with van der Waals surface area (Å²) in [4.78, 5) is 50.4. The molecule has 4 heterocycles. The van der Waals surface area contributed by atoms with Crippen molar-refractivity contribution in [2.75, 3.05) is 18.5 Å². The molecule has 44 heavy (non-hydrogen) atoms. The zero-order chi connectivity index (χ0) is 31.6. The molecule has 1 aromatic carbocycles. The Morgan fingerprint density at radius 3 is 2.59 bits per heavy atom. The Balaban J connectivity index is 1.69. The molecule has 0 bridgehead atoms. The van der Waals surface area contributed by atoms with Crippen molar-refractivity contribution in [1.82, 2.24) is 30.0 Å². The van der Waals surface area contributed by atoms with E-state index in [0.29, 0.717) is 29.1 Å². The van der Waals surface area contributed by atoms with E-state index in [9.17, 15) is 27.6 Å². The number of benzene rings is 1. The van der Waals surface area contributed by atoms with Crippen molar-refractivity contribution in [3.63, 3.8) is 0 Å². The average Bonchev–Trinajstić information content (AvgIpc) is 3.64. The van der Waals surface area contributed by atoms with E-state index in [-0.39, 0.29) is 46.3 Å². The smallest absolute Gasteiger partial charge is 0.434 e. The fourth-order valence-corrected chi connectivity index (χ4v) is 5.24. The highest BCUT2D eigenvalue weighted by molar-refractivity contribution is 7.13. The Kier molecular flexibility index (Phi) is 8.44. The Bertz CT molecular complexity index is 1930. The molecule has 228 valence electrons. The minimum absolute atomic E-state index is 0.0197. The van der Waals surface area contributed by atoms with Crippen LogP contribution in [0.15, 0.2) is 51.4 Å². The second kappa shape index (κ2) is 12.2. The molecule has 0 atom stereocenters. The van der Waals surface area contributed by atoms with Crippen LogP contribution in [0.3, 0.4) is 0 Å². The van der Waals surface area contributed by atoms with E-state index in [2.05, 4.69) is 30.7 Å². The number of urea groups is 1. The zero-order valence-electron chi connectivity index (χ0n) is 23.5. The first kappa shape index (κ1) is 30.3. The minimum Gasteiger partial charge on any atom is -0.462 e. The number of alkyl halides is 3. The number of thiazole rings is 1. The topological polar surface area (TPSA) is 154 Å². The van der Waals surface area contributed by atoms with Crippen molar-refractivity contribution < 1.29 is 32.0 Å². The van der Waals surface area contributed by atoms with Gasteiger partial charge in [-0.05, 0) is 37.6 Å². The summed E-state index contributed by atoms with van der Waals surface area (Å²) in [6.07, 6.45) is -1.93. The first-order chi connectivity index (χ1) is 21.0. The molecule has 0 fully saturated rings. The number of hydrogen-bond acceptors (Lipinski definition) is 10. The van der Waals surface area contributed by atoms with Gasteiger partial charge in [-0.25, -0.2) is 19.6 Å². The molecular weight excluding hydrogens is 603 g/mol. The van der Waals surface area contributed by atoms with Crippen LogP contribution in [-0.4, -0.2) is 49.8 Å². The number of carbonyl (C=O) groups excluding carboxylic acids is 2. The lowest BCUT2D eigenvalue weighted by atomic mass is 9.99. The first-order valence-electron chi connectivity index (χ1n) is 13.2. The molecule has 12 nitrogen and oxygen atoms in total. The van der Waals surface area contributed by atoms with Crippen molar-refractivity contribution in [1.29, 1.82) is 0 Å².